The number of rotatable bonds is 7. The van der Waals surface area contributed by atoms with Gasteiger partial charge in [-0.3, -0.25) is 4.79 Å². The van der Waals surface area contributed by atoms with Gasteiger partial charge in [0.25, 0.3) is 0 Å². The van der Waals surface area contributed by atoms with E-state index in [1.165, 1.54) is 22.9 Å². The molecule has 4 heteroatoms. The number of nitrogens with one attached hydrogen (secondary N) is 1. The Morgan fingerprint density at radius 3 is 2.41 bits per heavy atom. The number of benzene rings is 2. The maximum absolute atomic E-state index is 11.2. The number of hydrogen-bond donors (Lipinski definition) is 2. The predicted octanol–water partition coefficient (Wildman–Crippen LogP) is 4.31. The molecule has 0 saturated carbocycles. The van der Waals surface area contributed by atoms with Crippen molar-refractivity contribution in [3.63, 3.8) is 0 Å². The fourth-order valence-electron chi connectivity index (χ4n) is 3.16. The highest BCUT2D eigenvalue weighted by atomic mass is 16.1. The molecule has 0 saturated heterocycles. The summed E-state index contributed by atoms with van der Waals surface area (Å²) in [4.78, 5) is 11.2. The molecule has 0 aliphatic rings. The van der Waals surface area contributed by atoms with Crippen LogP contribution in [0.3, 0.4) is 0 Å². The van der Waals surface area contributed by atoms with E-state index in [0.717, 1.165) is 25.2 Å². The molecule has 0 fully saturated rings. The van der Waals surface area contributed by atoms with Gasteiger partial charge in [0.2, 0.25) is 5.91 Å². The summed E-state index contributed by atoms with van der Waals surface area (Å²) in [6, 6.07) is 16.3. The fourth-order valence-corrected chi connectivity index (χ4v) is 3.16. The number of carbonyl (C=O) groups is 1. The molecule has 2 aromatic carbocycles. The predicted molar refractivity (Wildman–Crippen MR) is 112 cm³/mol. The summed E-state index contributed by atoms with van der Waals surface area (Å²) in [6.45, 7) is 9.50. The zero-order valence-electron chi connectivity index (χ0n) is 16.5. The van der Waals surface area contributed by atoms with Crippen molar-refractivity contribution in [2.75, 3.05) is 6.54 Å². The molecule has 0 atom stereocenters. The molecule has 1 heterocycles. The number of amides is 1. The second-order valence-electron chi connectivity index (χ2n) is 8.39. The minimum Gasteiger partial charge on any atom is -0.366 e. The zero-order valence-corrected chi connectivity index (χ0v) is 16.5. The Morgan fingerprint density at radius 1 is 1.04 bits per heavy atom. The maximum Gasteiger partial charge on any atom is 0.248 e. The van der Waals surface area contributed by atoms with Crippen LogP contribution in [0.4, 0.5) is 0 Å². The molecule has 0 aliphatic carbocycles. The Balaban J connectivity index is 1.65. The Hall–Kier alpha value is -2.59. The van der Waals surface area contributed by atoms with Crippen LogP contribution in [0, 0.1) is 5.41 Å². The normalized spacial score (nSPS) is 11.8. The molecule has 0 aliphatic heterocycles. The van der Waals surface area contributed by atoms with Crippen molar-refractivity contribution in [3.8, 4) is 0 Å². The minimum absolute atomic E-state index is 0.365. The SMILES string of the molecule is CC(C)(C)CCNCc1ccc2c(ccn2Cc2ccc(C(N)=O)cc2)c1. The van der Waals surface area contributed by atoms with Crippen molar-refractivity contribution in [2.24, 2.45) is 11.1 Å². The summed E-state index contributed by atoms with van der Waals surface area (Å²) in [5.74, 6) is -0.392. The summed E-state index contributed by atoms with van der Waals surface area (Å²) in [6.07, 6.45) is 3.28. The molecule has 0 radical (unpaired) electrons. The third-order valence-electron chi connectivity index (χ3n) is 4.81. The third kappa shape index (κ3) is 5.20. The number of hydrogen-bond acceptors (Lipinski definition) is 2. The van der Waals surface area contributed by atoms with Crippen molar-refractivity contribution in [3.05, 3.63) is 71.4 Å². The van der Waals surface area contributed by atoms with Gasteiger partial charge in [-0.2, -0.15) is 0 Å². The molecule has 27 heavy (non-hydrogen) atoms. The number of nitrogens with two attached hydrogens (primary N) is 1. The highest BCUT2D eigenvalue weighted by molar-refractivity contribution is 5.92. The molecule has 1 aromatic heterocycles. The number of nitrogens with zero attached hydrogens (tertiary/aromatic N) is 1. The van der Waals surface area contributed by atoms with Crippen molar-refractivity contribution in [2.45, 2.75) is 40.3 Å². The van der Waals surface area contributed by atoms with Gasteiger partial charge in [-0.05, 0) is 65.2 Å². The standard InChI is InChI=1S/C23H29N3O/c1-23(2,3)11-12-25-15-18-6-9-21-20(14-18)10-13-26(21)16-17-4-7-19(8-5-17)22(24)27/h4-10,13-14,25H,11-12,15-16H2,1-3H3,(H2,24,27). The first-order valence-corrected chi connectivity index (χ1v) is 9.49. The highest BCUT2D eigenvalue weighted by Crippen LogP contribution is 2.20. The molecule has 3 N–H and O–H groups in total. The molecular formula is C23H29N3O. The lowest BCUT2D eigenvalue weighted by atomic mass is 9.92. The summed E-state index contributed by atoms with van der Waals surface area (Å²) < 4.78 is 2.23. The van der Waals surface area contributed by atoms with Gasteiger partial charge < -0.3 is 15.6 Å². The van der Waals surface area contributed by atoms with Crippen molar-refractivity contribution in [1.82, 2.24) is 9.88 Å². The highest BCUT2D eigenvalue weighted by Gasteiger charge is 2.09. The first-order chi connectivity index (χ1) is 12.8. The average molecular weight is 364 g/mol. The maximum atomic E-state index is 11.2. The van der Waals surface area contributed by atoms with Crippen LogP contribution in [-0.4, -0.2) is 17.0 Å². The van der Waals surface area contributed by atoms with E-state index in [2.05, 4.69) is 61.1 Å². The summed E-state index contributed by atoms with van der Waals surface area (Å²) in [5, 5.41) is 4.79. The van der Waals surface area contributed by atoms with E-state index in [4.69, 9.17) is 5.73 Å². The van der Waals surface area contributed by atoms with Crippen molar-refractivity contribution < 1.29 is 4.79 Å². The van der Waals surface area contributed by atoms with Crippen LogP contribution < -0.4 is 11.1 Å². The van der Waals surface area contributed by atoms with E-state index < -0.39 is 5.91 Å². The Bertz CT molecular complexity index is 917. The average Bonchev–Trinajstić information content (AvgIpc) is 3.00. The molecule has 1 amide bonds. The molecule has 3 rings (SSSR count). The lowest BCUT2D eigenvalue weighted by Gasteiger charge is -2.18. The fraction of sp³-hybridized carbons (Fsp3) is 0.348. The zero-order chi connectivity index (χ0) is 19.4. The Labute approximate surface area is 161 Å². The van der Waals surface area contributed by atoms with Gasteiger partial charge in [-0.1, -0.05) is 39.0 Å². The molecule has 0 bridgehead atoms. The van der Waals surface area contributed by atoms with E-state index in [-0.39, 0.29) is 0 Å². The van der Waals surface area contributed by atoms with E-state index in [1.807, 2.05) is 12.1 Å². The van der Waals surface area contributed by atoms with Crippen molar-refractivity contribution >= 4 is 16.8 Å². The lowest BCUT2D eigenvalue weighted by molar-refractivity contribution is 0.100. The monoisotopic (exact) mass is 363 g/mol. The van der Waals surface area contributed by atoms with Gasteiger partial charge in [0, 0.05) is 30.4 Å². The van der Waals surface area contributed by atoms with Gasteiger partial charge in [-0.15, -0.1) is 0 Å². The first kappa shape index (κ1) is 19.2. The summed E-state index contributed by atoms with van der Waals surface area (Å²) in [5.41, 5.74) is 9.87. The van der Waals surface area contributed by atoms with E-state index in [0.29, 0.717) is 11.0 Å². The minimum atomic E-state index is -0.392. The second-order valence-corrected chi connectivity index (χ2v) is 8.39. The molecule has 4 nitrogen and oxygen atoms in total. The summed E-state index contributed by atoms with van der Waals surface area (Å²) >= 11 is 0. The molecular weight excluding hydrogens is 334 g/mol. The van der Waals surface area contributed by atoms with Gasteiger partial charge in [0.05, 0.1) is 0 Å². The Morgan fingerprint density at radius 2 is 1.74 bits per heavy atom. The van der Waals surface area contributed by atoms with Gasteiger partial charge in [-0.25, -0.2) is 0 Å². The first-order valence-electron chi connectivity index (χ1n) is 9.49. The lowest BCUT2D eigenvalue weighted by Crippen LogP contribution is -2.20. The van der Waals surface area contributed by atoms with Crippen LogP contribution in [0.25, 0.3) is 10.9 Å². The number of primary amides is 1. The third-order valence-corrected chi connectivity index (χ3v) is 4.81. The van der Waals surface area contributed by atoms with Crippen LogP contribution >= 0.6 is 0 Å². The van der Waals surface area contributed by atoms with Crippen LogP contribution in [0.5, 0.6) is 0 Å². The van der Waals surface area contributed by atoms with E-state index in [9.17, 15) is 4.79 Å². The smallest absolute Gasteiger partial charge is 0.248 e. The summed E-state index contributed by atoms with van der Waals surface area (Å²) in [7, 11) is 0. The van der Waals surface area contributed by atoms with Gasteiger partial charge in [0.15, 0.2) is 0 Å². The van der Waals surface area contributed by atoms with E-state index in [1.54, 1.807) is 12.1 Å². The molecule has 142 valence electrons. The number of fused-ring (bicyclic) bond motifs is 1. The van der Waals surface area contributed by atoms with Crippen LogP contribution in [0.1, 0.15) is 48.7 Å². The molecule has 0 unspecified atom stereocenters. The van der Waals surface area contributed by atoms with Gasteiger partial charge >= 0.3 is 0 Å². The Kier molecular flexibility index (Phi) is 5.66. The van der Waals surface area contributed by atoms with E-state index >= 15 is 0 Å². The van der Waals surface area contributed by atoms with Crippen LogP contribution in [0.15, 0.2) is 54.7 Å². The van der Waals surface area contributed by atoms with Crippen LogP contribution in [0.2, 0.25) is 0 Å². The molecule has 0 spiro atoms. The quantitative estimate of drug-likeness (QED) is 0.614. The number of aromatic nitrogens is 1. The van der Waals surface area contributed by atoms with Gasteiger partial charge in [0.1, 0.15) is 0 Å². The van der Waals surface area contributed by atoms with Crippen LogP contribution in [-0.2, 0) is 13.1 Å². The van der Waals surface area contributed by atoms with Crippen molar-refractivity contribution in [1.29, 1.82) is 0 Å². The topological polar surface area (TPSA) is 60.1 Å². The number of carbonyl (C=O) groups excluding carboxylic acids is 1. The largest absolute Gasteiger partial charge is 0.366 e. The second kappa shape index (κ2) is 7.97. The molecule has 3 aromatic rings.